The Morgan fingerprint density at radius 1 is 1.00 bits per heavy atom. The van der Waals surface area contributed by atoms with E-state index in [-0.39, 0.29) is 17.1 Å². The number of ether oxygens (including phenoxy) is 1. The van der Waals surface area contributed by atoms with Gasteiger partial charge in [-0.15, -0.1) is 0 Å². The fraction of sp³-hybridized carbons (Fsp3) is 0.241. The van der Waals surface area contributed by atoms with E-state index in [1.54, 1.807) is 30.3 Å². The Balaban J connectivity index is 1.88. The van der Waals surface area contributed by atoms with Crippen molar-refractivity contribution in [1.82, 2.24) is 0 Å². The molecule has 6 nitrogen and oxygen atoms in total. The third kappa shape index (κ3) is 4.52. The Hall–Kier alpha value is -4.06. The average molecular weight is 472 g/mol. The Kier molecular flexibility index (Phi) is 6.65. The zero-order valence-electron chi connectivity index (χ0n) is 20.3. The normalized spacial score (nSPS) is 17.3. The van der Waals surface area contributed by atoms with Crippen molar-refractivity contribution in [2.45, 2.75) is 39.7 Å². The van der Waals surface area contributed by atoms with Crippen LogP contribution in [-0.4, -0.2) is 28.5 Å². The van der Waals surface area contributed by atoms with E-state index in [4.69, 9.17) is 4.74 Å². The Bertz CT molecular complexity index is 1290. The van der Waals surface area contributed by atoms with E-state index in [1.807, 2.05) is 38.1 Å². The molecule has 1 atom stereocenters. The third-order valence-corrected chi connectivity index (χ3v) is 6.24. The molecule has 3 aromatic carbocycles. The van der Waals surface area contributed by atoms with Gasteiger partial charge in [-0.25, -0.2) is 0 Å². The summed E-state index contributed by atoms with van der Waals surface area (Å²) in [5, 5.41) is 21.1. The van der Waals surface area contributed by atoms with E-state index in [2.05, 4.69) is 13.8 Å². The first-order chi connectivity index (χ1) is 16.7. The molecule has 1 amide bonds. The second kappa shape index (κ2) is 9.66. The van der Waals surface area contributed by atoms with Gasteiger partial charge in [0.1, 0.15) is 17.3 Å². The predicted molar refractivity (Wildman–Crippen MR) is 136 cm³/mol. The predicted octanol–water partition coefficient (Wildman–Crippen LogP) is 5.85. The first-order valence-electron chi connectivity index (χ1n) is 11.7. The van der Waals surface area contributed by atoms with Gasteiger partial charge in [-0.3, -0.25) is 14.5 Å². The van der Waals surface area contributed by atoms with Crippen molar-refractivity contribution in [1.29, 1.82) is 0 Å². The topological polar surface area (TPSA) is 87.1 Å². The molecule has 6 heteroatoms. The first kappa shape index (κ1) is 24.1. The van der Waals surface area contributed by atoms with Crippen LogP contribution in [0.2, 0.25) is 0 Å². The van der Waals surface area contributed by atoms with E-state index in [0.717, 1.165) is 11.1 Å². The Morgan fingerprint density at radius 3 is 2.23 bits per heavy atom. The SMILES string of the molecule is CCOc1ccc(/C(O)=C2/C(=O)C(=O)N(c3ccc(C(C)C)cc3)C2c2ccc(O)cc2)cc1C. The number of amides is 1. The zero-order chi connectivity index (χ0) is 25.3. The monoisotopic (exact) mass is 471 g/mol. The van der Waals surface area contributed by atoms with Crippen molar-refractivity contribution in [3.63, 3.8) is 0 Å². The summed E-state index contributed by atoms with van der Waals surface area (Å²) >= 11 is 0. The highest BCUT2D eigenvalue weighted by Gasteiger charge is 2.47. The van der Waals surface area contributed by atoms with Gasteiger partial charge >= 0.3 is 0 Å². The largest absolute Gasteiger partial charge is 0.508 e. The average Bonchev–Trinajstić information content (AvgIpc) is 3.11. The number of hydrogen-bond acceptors (Lipinski definition) is 5. The van der Waals surface area contributed by atoms with Gasteiger partial charge in [0.15, 0.2) is 0 Å². The lowest BCUT2D eigenvalue weighted by atomic mass is 9.94. The van der Waals surface area contributed by atoms with Crippen LogP contribution in [0.1, 0.15) is 55.0 Å². The molecule has 1 aliphatic rings. The van der Waals surface area contributed by atoms with Gasteiger partial charge in [0.05, 0.1) is 18.2 Å². The second-order valence-corrected chi connectivity index (χ2v) is 8.92. The summed E-state index contributed by atoms with van der Waals surface area (Å²) < 4.78 is 5.59. The minimum atomic E-state index is -0.854. The van der Waals surface area contributed by atoms with Crippen LogP contribution in [0.15, 0.2) is 72.3 Å². The highest BCUT2D eigenvalue weighted by atomic mass is 16.5. The van der Waals surface area contributed by atoms with Crippen LogP contribution < -0.4 is 9.64 Å². The van der Waals surface area contributed by atoms with E-state index in [0.29, 0.717) is 35.1 Å². The summed E-state index contributed by atoms with van der Waals surface area (Å²) in [5.74, 6) is -0.673. The molecule has 1 aliphatic heterocycles. The molecule has 0 aromatic heterocycles. The summed E-state index contributed by atoms with van der Waals surface area (Å²) in [6.07, 6.45) is 0. The number of aryl methyl sites for hydroxylation is 1. The highest BCUT2D eigenvalue weighted by molar-refractivity contribution is 6.51. The molecule has 2 N–H and O–H groups in total. The van der Waals surface area contributed by atoms with Gasteiger partial charge in [0, 0.05) is 11.3 Å². The number of carbonyl (C=O) groups excluding carboxylic acids is 2. The number of benzene rings is 3. The van der Waals surface area contributed by atoms with Crippen LogP contribution in [0.25, 0.3) is 5.76 Å². The van der Waals surface area contributed by atoms with E-state index in [9.17, 15) is 19.8 Å². The molecule has 0 aliphatic carbocycles. The van der Waals surface area contributed by atoms with Gasteiger partial charge in [-0.05, 0) is 78.9 Å². The number of hydrogen-bond donors (Lipinski definition) is 2. The van der Waals surface area contributed by atoms with Crippen molar-refractivity contribution in [2.75, 3.05) is 11.5 Å². The number of phenolic OH excluding ortho intramolecular Hbond substituents is 1. The number of aliphatic hydroxyl groups is 1. The van der Waals surface area contributed by atoms with Crippen molar-refractivity contribution in [3.8, 4) is 11.5 Å². The van der Waals surface area contributed by atoms with Crippen LogP contribution in [0.4, 0.5) is 5.69 Å². The van der Waals surface area contributed by atoms with Gasteiger partial charge < -0.3 is 14.9 Å². The first-order valence-corrected chi connectivity index (χ1v) is 11.7. The maximum Gasteiger partial charge on any atom is 0.300 e. The van der Waals surface area contributed by atoms with E-state index < -0.39 is 17.7 Å². The van der Waals surface area contributed by atoms with Crippen LogP contribution >= 0.6 is 0 Å². The number of anilines is 1. The maximum absolute atomic E-state index is 13.3. The number of phenols is 1. The summed E-state index contributed by atoms with van der Waals surface area (Å²) in [7, 11) is 0. The number of aromatic hydroxyl groups is 1. The molecular formula is C29H29NO5. The van der Waals surface area contributed by atoms with Gasteiger partial charge in [0.25, 0.3) is 11.7 Å². The lowest BCUT2D eigenvalue weighted by molar-refractivity contribution is -0.132. The Labute approximate surface area is 205 Å². The fourth-order valence-corrected chi connectivity index (χ4v) is 4.36. The third-order valence-electron chi connectivity index (χ3n) is 6.24. The second-order valence-electron chi connectivity index (χ2n) is 8.92. The molecule has 4 rings (SSSR count). The van der Waals surface area contributed by atoms with Crippen molar-refractivity contribution in [2.24, 2.45) is 0 Å². The fourth-order valence-electron chi connectivity index (χ4n) is 4.36. The van der Waals surface area contributed by atoms with Gasteiger partial charge in [0.2, 0.25) is 0 Å². The molecule has 1 heterocycles. The number of Topliss-reactive ketones (excluding diaryl/α,β-unsaturated/α-hetero) is 1. The molecule has 0 spiro atoms. The number of nitrogens with zero attached hydrogens (tertiary/aromatic N) is 1. The minimum Gasteiger partial charge on any atom is -0.508 e. The lowest BCUT2D eigenvalue weighted by Gasteiger charge is -2.26. The lowest BCUT2D eigenvalue weighted by Crippen LogP contribution is -2.29. The van der Waals surface area contributed by atoms with Crippen LogP contribution in [0, 0.1) is 6.92 Å². The molecule has 180 valence electrons. The van der Waals surface area contributed by atoms with Crippen molar-refractivity contribution in [3.05, 3.63) is 94.6 Å². The number of ketones is 1. The van der Waals surface area contributed by atoms with Gasteiger partial charge in [-0.2, -0.15) is 0 Å². The Morgan fingerprint density at radius 2 is 1.66 bits per heavy atom. The van der Waals surface area contributed by atoms with Crippen LogP contribution in [0.5, 0.6) is 11.5 Å². The zero-order valence-corrected chi connectivity index (χ0v) is 20.3. The van der Waals surface area contributed by atoms with E-state index in [1.165, 1.54) is 17.0 Å². The molecule has 35 heavy (non-hydrogen) atoms. The smallest absolute Gasteiger partial charge is 0.300 e. The molecule has 3 aromatic rings. The quantitative estimate of drug-likeness (QED) is 0.268. The molecular weight excluding hydrogens is 442 g/mol. The van der Waals surface area contributed by atoms with Gasteiger partial charge in [-0.1, -0.05) is 38.1 Å². The van der Waals surface area contributed by atoms with Crippen LogP contribution in [0.3, 0.4) is 0 Å². The molecule has 1 unspecified atom stereocenters. The molecule has 0 radical (unpaired) electrons. The standard InChI is InChI=1S/C29H29NO5/c1-5-35-24-15-10-21(16-18(24)4)27(32)25-26(20-8-13-23(31)14-9-20)30(29(34)28(25)33)22-11-6-19(7-12-22)17(2)3/h6-17,26,31-32H,5H2,1-4H3/b27-25-. The molecule has 0 saturated carbocycles. The number of rotatable bonds is 6. The maximum atomic E-state index is 13.3. The molecule has 1 fully saturated rings. The number of carbonyl (C=O) groups is 2. The minimum absolute atomic E-state index is 0.00261. The van der Waals surface area contributed by atoms with Crippen LogP contribution in [-0.2, 0) is 9.59 Å². The van der Waals surface area contributed by atoms with Crippen molar-refractivity contribution >= 4 is 23.1 Å². The van der Waals surface area contributed by atoms with Crippen molar-refractivity contribution < 1.29 is 24.5 Å². The molecule has 1 saturated heterocycles. The number of aliphatic hydroxyl groups excluding tert-OH is 1. The summed E-state index contributed by atoms with van der Waals surface area (Å²) in [4.78, 5) is 28.0. The highest BCUT2D eigenvalue weighted by Crippen LogP contribution is 2.43. The summed E-state index contributed by atoms with van der Waals surface area (Å²) in [5.41, 5.74) is 3.47. The van der Waals surface area contributed by atoms with E-state index >= 15 is 0 Å². The molecule has 0 bridgehead atoms. The summed E-state index contributed by atoms with van der Waals surface area (Å²) in [6.45, 7) is 8.41. The summed E-state index contributed by atoms with van der Waals surface area (Å²) in [6, 6.07) is 18.1.